The molecular weight excluding hydrogens is 523 g/mol. The van der Waals surface area contributed by atoms with Crippen LogP contribution in [0, 0.1) is 18.7 Å². The molecule has 3 N–H and O–H groups in total. The predicted octanol–water partition coefficient (Wildman–Crippen LogP) is 2.98. The molecule has 3 aromatic rings. The quantitative estimate of drug-likeness (QED) is 0.460. The molecule has 1 amide bonds. The third-order valence-corrected chi connectivity index (χ3v) is 8.91. The molecule has 0 radical (unpaired) electrons. The van der Waals surface area contributed by atoms with E-state index in [4.69, 9.17) is 9.66 Å². The third kappa shape index (κ3) is 5.96. The minimum absolute atomic E-state index is 0.0396. The summed E-state index contributed by atoms with van der Waals surface area (Å²) in [5, 5.41) is 11.6. The number of primary sulfonamides is 1. The zero-order valence-corrected chi connectivity index (χ0v) is 21.4. The van der Waals surface area contributed by atoms with Crippen LogP contribution in [0.1, 0.15) is 29.9 Å². The first-order chi connectivity index (χ1) is 17.5. The van der Waals surface area contributed by atoms with Gasteiger partial charge >= 0.3 is 0 Å². The molecule has 0 bridgehead atoms. The Bertz CT molecular complexity index is 1550. The number of benzene rings is 2. The number of aromatic nitrogens is 1. The normalized spacial score (nSPS) is 17.2. The van der Waals surface area contributed by atoms with Gasteiger partial charge in [-0.1, -0.05) is 23.4 Å². The molecule has 13 heteroatoms. The van der Waals surface area contributed by atoms with E-state index in [0.717, 1.165) is 0 Å². The number of amides is 1. The second kappa shape index (κ2) is 10.5. The van der Waals surface area contributed by atoms with Gasteiger partial charge in [0, 0.05) is 24.3 Å². The van der Waals surface area contributed by atoms with Crippen LogP contribution >= 0.6 is 0 Å². The second-order valence-corrected chi connectivity index (χ2v) is 12.0. The summed E-state index contributed by atoms with van der Waals surface area (Å²) < 4.78 is 70.3. The van der Waals surface area contributed by atoms with Gasteiger partial charge in [0.25, 0.3) is 0 Å². The molecule has 2 heterocycles. The van der Waals surface area contributed by atoms with E-state index in [1.165, 1.54) is 53.7 Å². The van der Waals surface area contributed by atoms with Crippen molar-refractivity contribution in [2.24, 2.45) is 11.1 Å². The van der Waals surface area contributed by atoms with Crippen LogP contribution < -0.4 is 10.5 Å². The number of rotatable bonds is 7. The van der Waals surface area contributed by atoms with E-state index in [2.05, 4.69) is 10.5 Å². The van der Waals surface area contributed by atoms with Crippen LogP contribution in [0.5, 0.6) is 0 Å². The molecule has 0 saturated carbocycles. The average molecular weight is 549 g/mol. The minimum atomic E-state index is -4.08. The lowest BCUT2D eigenvalue weighted by molar-refractivity contribution is -0.120. The Morgan fingerprint density at radius 2 is 1.84 bits per heavy atom. The summed E-state index contributed by atoms with van der Waals surface area (Å²) in [5.41, 5.74) is 0.759. The highest BCUT2D eigenvalue weighted by molar-refractivity contribution is 7.89. The van der Waals surface area contributed by atoms with Crippen LogP contribution in [0.3, 0.4) is 0 Å². The Balaban J connectivity index is 1.51. The number of anilines is 1. The molecule has 4 rings (SSSR count). The van der Waals surface area contributed by atoms with Crippen molar-refractivity contribution in [3.05, 3.63) is 71.4 Å². The van der Waals surface area contributed by atoms with Crippen molar-refractivity contribution in [1.82, 2.24) is 9.46 Å². The number of hydrogen-bond acceptors (Lipinski definition) is 7. The number of piperidine rings is 1. The van der Waals surface area contributed by atoms with Crippen molar-refractivity contribution < 1.29 is 30.5 Å². The van der Waals surface area contributed by atoms with Gasteiger partial charge in [-0.25, -0.2) is 26.4 Å². The maximum absolute atomic E-state index is 14.0. The lowest BCUT2D eigenvalue weighted by Gasteiger charge is -2.31. The highest BCUT2D eigenvalue weighted by Crippen LogP contribution is 2.30. The Labute approximate surface area is 214 Å². The lowest BCUT2D eigenvalue weighted by atomic mass is 9.99. The number of nitrogens with two attached hydrogens (primary N) is 1. The second-order valence-electron chi connectivity index (χ2n) is 8.58. The molecule has 37 heavy (non-hydrogen) atoms. The van der Waals surface area contributed by atoms with E-state index in [-0.39, 0.29) is 39.9 Å². The summed E-state index contributed by atoms with van der Waals surface area (Å²) in [6.45, 7) is 1.64. The average Bonchev–Trinajstić information content (AvgIpc) is 3.24. The molecule has 1 fully saturated rings. The number of sulfonamides is 2. The fraction of sp³-hybridized carbons (Fsp3) is 0.250. The molecule has 196 valence electrons. The van der Waals surface area contributed by atoms with Gasteiger partial charge in [0.2, 0.25) is 26.0 Å². The van der Waals surface area contributed by atoms with Crippen molar-refractivity contribution in [3.8, 4) is 0 Å². The van der Waals surface area contributed by atoms with Crippen LogP contribution in [-0.4, -0.2) is 45.3 Å². The smallest absolute Gasteiger partial charge is 0.248 e. The van der Waals surface area contributed by atoms with Gasteiger partial charge < -0.3 is 9.84 Å². The topological polar surface area (TPSA) is 153 Å². The Morgan fingerprint density at radius 1 is 1.14 bits per heavy atom. The van der Waals surface area contributed by atoms with Crippen LogP contribution in [0.4, 0.5) is 10.1 Å². The van der Waals surface area contributed by atoms with Gasteiger partial charge in [0.05, 0.1) is 10.8 Å². The van der Waals surface area contributed by atoms with E-state index in [1.54, 1.807) is 18.2 Å². The van der Waals surface area contributed by atoms with Gasteiger partial charge in [-0.05, 0) is 62.2 Å². The van der Waals surface area contributed by atoms with Gasteiger partial charge in [0.15, 0.2) is 10.7 Å². The van der Waals surface area contributed by atoms with Crippen molar-refractivity contribution in [1.29, 1.82) is 0 Å². The summed E-state index contributed by atoms with van der Waals surface area (Å²) in [5.74, 6) is -1.55. The zero-order chi connectivity index (χ0) is 26.8. The molecule has 0 unspecified atom stereocenters. The summed E-state index contributed by atoms with van der Waals surface area (Å²) >= 11 is 0. The van der Waals surface area contributed by atoms with E-state index < -0.39 is 37.7 Å². The Hall–Kier alpha value is -3.39. The lowest BCUT2D eigenvalue weighted by Crippen LogP contribution is -2.43. The molecule has 1 atom stereocenters. The van der Waals surface area contributed by atoms with Crippen LogP contribution in [0.25, 0.3) is 12.2 Å². The van der Waals surface area contributed by atoms with Gasteiger partial charge in [-0.3, -0.25) is 4.79 Å². The van der Waals surface area contributed by atoms with Gasteiger partial charge in [-0.15, -0.1) is 0 Å². The number of aryl methyl sites for hydroxylation is 1. The fourth-order valence-electron chi connectivity index (χ4n) is 4.05. The minimum Gasteiger partial charge on any atom is -0.355 e. The van der Waals surface area contributed by atoms with E-state index >= 15 is 0 Å². The Morgan fingerprint density at radius 3 is 2.51 bits per heavy atom. The first kappa shape index (κ1) is 26.7. The van der Waals surface area contributed by atoms with Crippen molar-refractivity contribution in [3.63, 3.8) is 0 Å². The van der Waals surface area contributed by atoms with Crippen LogP contribution in [-0.2, 0) is 24.8 Å². The summed E-state index contributed by atoms with van der Waals surface area (Å²) in [6, 6.07) is 11.4. The molecule has 0 spiro atoms. The van der Waals surface area contributed by atoms with E-state index in [0.29, 0.717) is 18.5 Å². The largest absolute Gasteiger partial charge is 0.355 e. The summed E-state index contributed by atoms with van der Waals surface area (Å²) in [7, 11) is -7.95. The van der Waals surface area contributed by atoms with Crippen molar-refractivity contribution in [2.75, 3.05) is 18.4 Å². The van der Waals surface area contributed by atoms with Gasteiger partial charge in [-0.2, -0.15) is 4.31 Å². The molecule has 1 saturated heterocycles. The molecule has 10 nitrogen and oxygen atoms in total. The van der Waals surface area contributed by atoms with E-state index in [1.807, 2.05) is 0 Å². The van der Waals surface area contributed by atoms with Crippen molar-refractivity contribution >= 4 is 43.8 Å². The van der Waals surface area contributed by atoms with Crippen LogP contribution in [0.15, 0.2) is 62.8 Å². The number of halogens is 1. The SMILES string of the molecule is Cc1noc(/C=C/c2ccccc2F)c1S(=O)(=O)N1CCC[C@@H](C(=O)Nc2ccc(S(N)(=O)=O)cc2)C1. The molecule has 0 aliphatic carbocycles. The van der Waals surface area contributed by atoms with Gasteiger partial charge in [0.1, 0.15) is 11.5 Å². The van der Waals surface area contributed by atoms with E-state index in [9.17, 15) is 26.0 Å². The zero-order valence-electron chi connectivity index (χ0n) is 19.8. The highest BCUT2D eigenvalue weighted by Gasteiger charge is 2.37. The number of hydrogen-bond donors (Lipinski definition) is 2. The summed E-state index contributed by atoms with van der Waals surface area (Å²) in [4.78, 5) is 12.6. The van der Waals surface area contributed by atoms with Crippen LogP contribution in [0.2, 0.25) is 0 Å². The number of nitrogens with one attached hydrogen (secondary N) is 1. The number of carbonyl (C=O) groups excluding carboxylic acids is 1. The molecular formula is C24H25FN4O6S2. The van der Waals surface area contributed by atoms with Crippen molar-refractivity contribution in [2.45, 2.75) is 29.6 Å². The standard InChI is InChI=1S/C24H25FN4O6S2/c1-16-23(22(35-28-16)13-8-17-5-2-3-7-21(17)25)37(33,34)29-14-4-6-18(15-29)24(30)27-19-9-11-20(12-10-19)36(26,31)32/h2-3,5,7-13,18H,4,6,14-15H2,1H3,(H,27,30)(H2,26,31,32)/b13-8+/t18-/m1/s1. The molecule has 1 aliphatic rings. The fourth-order valence-corrected chi connectivity index (χ4v) is 6.34. The third-order valence-electron chi connectivity index (χ3n) is 5.96. The maximum atomic E-state index is 14.0. The maximum Gasteiger partial charge on any atom is 0.248 e. The first-order valence-corrected chi connectivity index (χ1v) is 14.3. The molecule has 1 aliphatic heterocycles. The summed E-state index contributed by atoms with van der Waals surface area (Å²) in [6.07, 6.45) is 3.68. The molecule has 1 aromatic heterocycles. The first-order valence-electron chi connectivity index (χ1n) is 11.3. The number of nitrogens with zero attached hydrogens (tertiary/aromatic N) is 2. The monoisotopic (exact) mass is 548 g/mol. The Kier molecular flexibility index (Phi) is 7.59. The molecule has 2 aromatic carbocycles. The number of carbonyl (C=O) groups is 1. The predicted molar refractivity (Wildman–Crippen MR) is 134 cm³/mol. The highest BCUT2D eigenvalue weighted by atomic mass is 32.2.